The van der Waals surface area contributed by atoms with Crippen LogP contribution in [0.1, 0.15) is 43.6 Å². The molecule has 0 spiro atoms. The van der Waals surface area contributed by atoms with Crippen LogP contribution in [0.4, 0.5) is 4.79 Å². The first-order chi connectivity index (χ1) is 11.5. The summed E-state index contributed by atoms with van der Waals surface area (Å²) in [6.45, 7) is 2.51. The van der Waals surface area contributed by atoms with Gasteiger partial charge in [0.15, 0.2) is 5.82 Å². The highest BCUT2D eigenvalue weighted by atomic mass is 35.5. The quantitative estimate of drug-likeness (QED) is 0.873. The topological polar surface area (TPSA) is 71.8 Å². The molecule has 24 heavy (non-hydrogen) atoms. The van der Waals surface area contributed by atoms with Gasteiger partial charge in [-0.25, -0.2) is 4.79 Å². The van der Waals surface area contributed by atoms with Crippen LogP contribution in [-0.2, 0) is 12.5 Å². The lowest BCUT2D eigenvalue weighted by molar-refractivity contribution is 0.212. The number of rotatable bonds is 5. The maximum atomic E-state index is 12.2. The minimum absolute atomic E-state index is 0.0238. The summed E-state index contributed by atoms with van der Waals surface area (Å²) >= 11 is 5.98. The highest BCUT2D eigenvalue weighted by Crippen LogP contribution is 2.43. The van der Waals surface area contributed by atoms with Crippen LogP contribution in [0.3, 0.4) is 0 Å². The number of nitrogens with zero attached hydrogens (tertiary/aromatic N) is 3. The number of urea groups is 1. The molecule has 3 rings (SSSR count). The van der Waals surface area contributed by atoms with Crippen LogP contribution in [0.5, 0.6) is 0 Å². The minimum atomic E-state index is -0.203. The van der Waals surface area contributed by atoms with E-state index in [2.05, 4.69) is 33.0 Å². The number of carbonyl (C=O) groups is 1. The van der Waals surface area contributed by atoms with Crippen LogP contribution in [0.25, 0.3) is 0 Å². The zero-order valence-corrected chi connectivity index (χ0v) is 14.7. The predicted molar refractivity (Wildman–Crippen MR) is 92.9 cm³/mol. The van der Waals surface area contributed by atoms with Crippen molar-refractivity contribution >= 4 is 17.6 Å². The number of aromatic nitrogens is 3. The lowest BCUT2D eigenvalue weighted by atomic mass is 9.64. The Morgan fingerprint density at radius 3 is 2.62 bits per heavy atom. The van der Waals surface area contributed by atoms with Crippen molar-refractivity contribution in [3.8, 4) is 0 Å². The molecule has 0 unspecified atom stereocenters. The number of benzene rings is 1. The second-order valence-electron chi connectivity index (χ2n) is 6.49. The average molecular weight is 348 g/mol. The van der Waals surface area contributed by atoms with Crippen molar-refractivity contribution < 1.29 is 4.79 Å². The smallest absolute Gasteiger partial charge is 0.315 e. The van der Waals surface area contributed by atoms with E-state index in [0.717, 1.165) is 23.7 Å². The summed E-state index contributed by atoms with van der Waals surface area (Å²) in [6, 6.07) is 7.54. The second kappa shape index (κ2) is 6.81. The van der Waals surface area contributed by atoms with Gasteiger partial charge in [-0.15, -0.1) is 10.2 Å². The lowest BCUT2D eigenvalue weighted by Gasteiger charge is -2.42. The van der Waals surface area contributed by atoms with Crippen molar-refractivity contribution in [1.82, 2.24) is 25.4 Å². The first kappa shape index (κ1) is 16.8. The van der Waals surface area contributed by atoms with Crippen molar-refractivity contribution in [1.29, 1.82) is 0 Å². The molecule has 1 aliphatic carbocycles. The third-order valence-electron chi connectivity index (χ3n) is 4.84. The molecule has 2 amide bonds. The van der Waals surface area contributed by atoms with Crippen LogP contribution in [-0.4, -0.2) is 27.3 Å². The van der Waals surface area contributed by atoms with Crippen LogP contribution >= 0.6 is 11.6 Å². The van der Waals surface area contributed by atoms with Gasteiger partial charge in [0.25, 0.3) is 0 Å². The zero-order valence-electron chi connectivity index (χ0n) is 13.9. The van der Waals surface area contributed by atoms with Crippen LogP contribution in [0.2, 0.25) is 5.02 Å². The van der Waals surface area contributed by atoms with E-state index in [1.54, 1.807) is 10.9 Å². The van der Waals surface area contributed by atoms with E-state index in [4.69, 9.17) is 11.6 Å². The summed E-state index contributed by atoms with van der Waals surface area (Å²) in [6.07, 6.45) is 4.96. The maximum Gasteiger partial charge on any atom is 0.315 e. The standard InChI is InChI=1S/C17H22ClN5O/c1-12(15-22-20-11-23(15)2)21-16(24)19-10-17(8-3-9-17)13-4-6-14(18)7-5-13/h4-7,11-12H,3,8-10H2,1-2H3,(H2,19,21,24)/t12-/m0/s1. The third-order valence-corrected chi connectivity index (χ3v) is 5.09. The predicted octanol–water partition coefficient (Wildman–Crippen LogP) is 2.95. The van der Waals surface area contributed by atoms with E-state index in [1.807, 2.05) is 26.1 Å². The van der Waals surface area contributed by atoms with Gasteiger partial charge in [0.2, 0.25) is 0 Å². The number of carbonyl (C=O) groups excluding carboxylic acids is 1. The van der Waals surface area contributed by atoms with Crippen molar-refractivity contribution in [2.75, 3.05) is 6.54 Å². The molecule has 2 N–H and O–H groups in total. The Balaban J connectivity index is 1.58. The number of nitrogens with one attached hydrogen (secondary N) is 2. The monoisotopic (exact) mass is 347 g/mol. The third kappa shape index (κ3) is 3.38. The zero-order chi connectivity index (χ0) is 17.2. The number of hydrogen-bond acceptors (Lipinski definition) is 3. The fraction of sp³-hybridized carbons (Fsp3) is 0.471. The van der Waals surface area contributed by atoms with E-state index in [-0.39, 0.29) is 17.5 Å². The van der Waals surface area contributed by atoms with Gasteiger partial charge in [-0.2, -0.15) is 0 Å². The van der Waals surface area contributed by atoms with E-state index in [1.165, 1.54) is 12.0 Å². The molecule has 1 atom stereocenters. The van der Waals surface area contributed by atoms with E-state index >= 15 is 0 Å². The van der Waals surface area contributed by atoms with Crippen LogP contribution < -0.4 is 10.6 Å². The van der Waals surface area contributed by atoms with E-state index in [0.29, 0.717) is 6.54 Å². The molecule has 1 aromatic carbocycles. The van der Waals surface area contributed by atoms with Crippen molar-refractivity contribution in [3.05, 3.63) is 47.0 Å². The van der Waals surface area contributed by atoms with Crippen LogP contribution in [0, 0.1) is 0 Å². The molecule has 1 aliphatic rings. The Morgan fingerprint density at radius 2 is 2.08 bits per heavy atom. The maximum absolute atomic E-state index is 12.2. The summed E-state index contributed by atoms with van der Waals surface area (Å²) in [5.74, 6) is 0.723. The van der Waals surface area contributed by atoms with Gasteiger partial charge in [-0.05, 0) is 37.5 Å². The van der Waals surface area contributed by atoms with E-state index in [9.17, 15) is 4.79 Å². The summed E-state index contributed by atoms with van der Waals surface area (Å²) in [5, 5.41) is 14.5. The largest absolute Gasteiger partial charge is 0.337 e. The minimum Gasteiger partial charge on any atom is -0.337 e. The van der Waals surface area contributed by atoms with Crippen LogP contribution in [0.15, 0.2) is 30.6 Å². The fourth-order valence-corrected chi connectivity index (χ4v) is 3.35. The first-order valence-electron chi connectivity index (χ1n) is 8.14. The fourth-order valence-electron chi connectivity index (χ4n) is 3.22. The number of amides is 2. The Labute approximate surface area is 146 Å². The molecule has 1 fully saturated rings. The molecule has 2 aromatic rings. The Bertz CT molecular complexity index is 708. The molecule has 1 heterocycles. The molecule has 7 heteroatoms. The average Bonchev–Trinajstić information content (AvgIpc) is 2.94. The molecule has 0 aliphatic heterocycles. The summed E-state index contributed by atoms with van der Waals surface area (Å²) < 4.78 is 1.80. The molecule has 6 nitrogen and oxygen atoms in total. The first-order valence-corrected chi connectivity index (χ1v) is 8.52. The molecule has 0 saturated heterocycles. The summed E-state index contributed by atoms with van der Waals surface area (Å²) in [5.41, 5.74) is 1.26. The normalized spacial score (nSPS) is 17.0. The molecule has 0 radical (unpaired) electrons. The second-order valence-corrected chi connectivity index (χ2v) is 6.93. The van der Waals surface area contributed by atoms with Gasteiger partial charge >= 0.3 is 6.03 Å². The summed E-state index contributed by atoms with van der Waals surface area (Å²) in [4.78, 5) is 12.2. The Hall–Kier alpha value is -2.08. The molecule has 0 bridgehead atoms. The number of aryl methyl sites for hydroxylation is 1. The number of hydrogen-bond donors (Lipinski definition) is 2. The van der Waals surface area contributed by atoms with E-state index < -0.39 is 0 Å². The molecular formula is C17H22ClN5O. The molecular weight excluding hydrogens is 326 g/mol. The molecule has 128 valence electrons. The SMILES string of the molecule is C[C@H](NC(=O)NCC1(c2ccc(Cl)cc2)CCC1)c1nncn1C. The van der Waals surface area contributed by atoms with Crippen molar-refractivity contribution in [2.45, 2.75) is 37.6 Å². The van der Waals surface area contributed by atoms with Gasteiger partial charge < -0.3 is 15.2 Å². The van der Waals surface area contributed by atoms with Gasteiger partial charge in [-0.1, -0.05) is 30.2 Å². The molecule has 1 aromatic heterocycles. The Kier molecular flexibility index (Phi) is 4.76. The Morgan fingerprint density at radius 1 is 1.38 bits per heavy atom. The lowest BCUT2D eigenvalue weighted by Crippen LogP contribution is -2.48. The summed E-state index contributed by atoms with van der Waals surface area (Å²) in [7, 11) is 1.86. The van der Waals surface area contributed by atoms with Gasteiger partial charge in [-0.3, -0.25) is 0 Å². The molecule has 1 saturated carbocycles. The number of halogens is 1. The van der Waals surface area contributed by atoms with Gasteiger partial charge in [0.05, 0.1) is 6.04 Å². The van der Waals surface area contributed by atoms with Crippen molar-refractivity contribution in [3.63, 3.8) is 0 Å². The van der Waals surface area contributed by atoms with Crippen molar-refractivity contribution in [2.24, 2.45) is 7.05 Å². The van der Waals surface area contributed by atoms with Gasteiger partial charge in [0, 0.05) is 24.0 Å². The highest BCUT2D eigenvalue weighted by molar-refractivity contribution is 6.30. The van der Waals surface area contributed by atoms with Gasteiger partial charge in [0.1, 0.15) is 6.33 Å². The highest BCUT2D eigenvalue weighted by Gasteiger charge is 2.38.